The van der Waals surface area contributed by atoms with E-state index in [1.54, 1.807) is 4.90 Å². The molecule has 3 rings (SSSR count). The number of carbonyl (C=O) groups excluding carboxylic acids is 2. The Kier molecular flexibility index (Phi) is 8.70. The van der Waals surface area contributed by atoms with Crippen LogP contribution >= 0.6 is 0 Å². The highest BCUT2D eigenvalue weighted by atomic mass is 16.6. The van der Waals surface area contributed by atoms with Crippen molar-refractivity contribution in [1.82, 2.24) is 9.80 Å². The number of likely N-dealkylation sites (tertiary alicyclic amines) is 1. The molecular formula is C30H42N2O4. The summed E-state index contributed by atoms with van der Waals surface area (Å²) in [6, 6.07) is 18.4. The fourth-order valence-electron chi connectivity index (χ4n) is 5.26. The molecule has 1 aliphatic heterocycles. The molecule has 6 heteroatoms. The van der Waals surface area contributed by atoms with Gasteiger partial charge in [-0.2, -0.15) is 0 Å². The van der Waals surface area contributed by atoms with E-state index in [9.17, 15) is 9.59 Å². The third-order valence-electron chi connectivity index (χ3n) is 6.71. The zero-order valence-corrected chi connectivity index (χ0v) is 23.0. The molecule has 0 bridgehead atoms. The number of hydrogen-bond donors (Lipinski definition) is 0. The Hall–Kier alpha value is -3.02. The Balaban J connectivity index is 2.10. The highest BCUT2D eigenvalue weighted by Crippen LogP contribution is 2.46. The van der Waals surface area contributed by atoms with Crippen molar-refractivity contribution >= 4 is 12.0 Å². The summed E-state index contributed by atoms with van der Waals surface area (Å²) in [4.78, 5) is 31.5. The summed E-state index contributed by atoms with van der Waals surface area (Å²) in [5, 5.41) is 0. The van der Waals surface area contributed by atoms with Gasteiger partial charge in [-0.15, -0.1) is 0 Å². The zero-order chi connectivity index (χ0) is 26.6. The topological polar surface area (TPSA) is 59.1 Å². The predicted molar refractivity (Wildman–Crippen MR) is 143 cm³/mol. The Morgan fingerprint density at radius 1 is 0.917 bits per heavy atom. The minimum Gasteiger partial charge on any atom is -0.493 e. The van der Waals surface area contributed by atoms with Crippen LogP contribution in [0.3, 0.4) is 0 Å². The van der Waals surface area contributed by atoms with Crippen LogP contribution in [-0.4, -0.2) is 52.1 Å². The van der Waals surface area contributed by atoms with Crippen LogP contribution in [0, 0.1) is 11.8 Å². The van der Waals surface area contributed by atoms with Gasteiger partial charge in [-0.05, 0) is 72.1 Å². The molecule has 6 nitrogen and oxygen atoms in total. The molecule has 1 saturated heterocycles. The van der Waals surface area contributed by atoms with Crippen LogP contribution in [0.4, 0.5) is 4.79 Å². The molecule has 0 N–H and O–H groups in total. The first-order chi connectivity index (χ1) is 16.9. The largest absolute Gasteiger partial charge is 0.493 e. The summed E-state index contributed by atoms with van der Waals surface area (Å²) >= 11 is 0. The van der Waals surface area contributed by atoms with Crippen LogP contribution in [0.1, 0.15) is 67.0 Å². The van der Waals surface area contributed by atoms with Crippen molar-refractivity contribution in [2.24, 2.45) is 11.8 Å². The Labute approximate surface area is 216 Å². The average Bonchev–Trinajstić information content (AvgIpc) is 3.09. The number of amides is 2. The summed E-state index contributed by atoms with van der Waals surface area (Å²) < 4.78 is 12.1. The monoisotopic (exact) mass is 494 g/mol. The number of esters is 1. The summed E-state index contributed by atoms with van der Waals surface area (Å²) in [7, 11) is 0. The number of para-hydroxylation sites is 1. The van der Waals surface area contributed by atoms with E-state index in [4.69, 9.17) is 9.47 Å². The third-order valence-corrected chi connectivity index (χ3v) is 6.71. The molecule has 1 heterocycles. The van der Waals surface area contributed by atoms with Crippen molar-refractivity contribution < 1.29 is 19.1 Å². The van der Waals surface area contributed by atoms with E-state index in [1.165, 1.54) is 0 Å². The third kappa shape index (κ3) is 6.21. The second kappa shape index (κ2) is 11.4. The molecule has 36 heavy (non-hydrogen) atoms. The molecule has 4 unspecified atom stereocenters. The van der Waals surface area contributed by atoms with Crippen molar-refractivity contribution in [1.29, 1.82) is 0 Å². The van der Waals surface area contributed by atoms with E-state index in [2.05, 4.69) is 0 Å². The zero-order valence-electron chi connectivity index (χ0n) is 23.0. The molecule has 0 aromatic heterocycles. The van der Waals surface area contributed by atoms with Crippen LogP contribution in [0.15, 0.2) is 60.7 Å². The van der Waals surface area contributed by atoms with Crippen LogP contribution in [0.25, 0.3) is 0 Å². The van der Waals surface area contributed by atoms with E-state index < -0.39 is 11.6 Å². The van der Waals surface area contributed by atoms with E-state index in [-0.39, 0.29) is 42.0 Å². The van der Waals surface area contributed by atoms with Crippen LogP contribution < -0.4 is 4.74 Å². The minimum atomic E-state index is -0.730. The van der Waals surface area contributed by atoms with Gasteiger partial charge >= 0.3 is 12.0 Å². The lowest BCUT2D eigenvalue weighted by Crippen LogP contribution is -2.54. The number of ether oxygens (including phenoxy) is 2. The maximum absolute atomic E-state index is 14.3. The number of nitrogens with zero attached hydrogens (tertiary/aromatic N) is 2. The van der Waals surface area contributed by atoms with E-state index in [0.717, 1.165) is 11.3 Å². The molecule has 0 saturated carbocycles. The lowest BCUT2D eigenvalue weighted by atomic mass is 9.86. The fraction of sp³-hybridized carbons (Fsp3) is 0.533. The van der Waals surface area contributed by atoms with Gasteiger partial charge in [0.15, 0.2) is 0 Å². The smallest absolute Gasteiger partial charge is 0.329 e. The molecule has 0 spiro atoms. The standard InChI is InChI=1S/C30H42N2O4/c1-20(2)31(21(3)4)29(34)32-26(28(33)36-30(6,7)8)22(5)25(19-35-24-17-13-10-14-18-24)27(32)23-15-11-9-12-16-23/h9-18,20-22,25-27H,19H2,1-8H3. The van der Waals surface area contributed by atoms with Crippen LogP contribution in [-0.2, 0) is 9.53 Å². The van der Waals surface area contributed by atoms with Gasteiger partial charge in [-0.3, -0.25) is 0 Å². The predicted octanol–water partition coefficient (Wildman–Crippen LogP) is 6.32. The summed E-state index contributed by atoms with van der Waals surface area (Å²) in [6.07, 6.45) is 0. The first-order valence-corrected chi connectivity index (χ1v) is 13.0. The molecule has 2 amide bonds. The van der Waals surface area contributed by atoms with Gasteiger partial charge in [0.2, 0.25) is 0 Å². The van der Waals surface area contributed by atoms with Gasteiger partial charge in [0.1, 0.15) is 17.4 Å². The van der Waals surface area contributed by atoms with Crippen molar-refractivity contribution in [3.05, 3.63) is 66.2 Å². The second-order valence-electron chi connectivity index (χ2n) is 11.3. The molecule has 1 fully saturated rings. The van der Waals surface area contributed by atoms with Gasteiger partial charge in [0.25, 0.3) is 0 Å². The maximum atomic E-state index is 14.3. The van der Waals surface area contributed by atoms with Gasteiger partial charge in [0.05, 0.1) is 12.6 Å². The number of urea groups is 1. The SMILES string of the molecule is CC1C(COc2ccccc2)C(c2ccccc2)N(C(=O)N(C(C)C)C(C)C)C1C(=O)OC(C)(C)C. The lowest BCUT2D eigenvalue weighted by Gasteiger charge is -2.40. The van der Waals surface area contributed by atoms with E-state index in [0.29, 0.717) is 6.61 Å². The van der Waals surface area contributed by atoms with Gasteiger partial charge in [0, 0.05) is 18.0 Å². The van der Waals surface area contributed by atoms with Crippen molar-refractivity contribution in [3.63, 3.8) is 0 Å². The van der Waals surface area contributed by atoms with Crippen molar-refractivity contribution in [2.75, 3.05) is 6.61 Å². The number of rotatable bonds is 7. The summed E-state index contributed by atoms with van der Waals surface area (Å²) in [6.45, 7) is 16.0. The molecular weight excluding hydrogens is 452 g/mol. The second-order valence-corrected chi connectivity index (χ2v) is 11.3. The summed E-state index contributed by atoms with van der Waals surface area (Å²) in [5.74, 6) is 0.0918. The quantitative estimate of drug-likeness (QED) is 0.423. The average molecular weight is 495 g/mol. The van der Waals surface area contributed by atoms with Crippen LogP contribution in [0.5, 0.6) is 5.75 Å². The normalized spacial score (nSPS) is 22.1. The number of carbonyl (C=O) groups is 2. The Morgan fingerprint density at radius 3 is 1.94 bits per heavy atom. The van der Waals surface area contributed by atoms with Gasteiger partial charge < -0.3 is 19.3 Å². The molecule has 0 aliphatic carbocycles. The highest BCUT2D eigenvalue weighted by Gasteiger charge is 2.55. The van der Waals surface area contributed by atoms with Crippen molar-refractivity contribution in [2.45, 2.75) is 85.2 Å². The first-order valence-electron chi connectivity index (χ1n) is 13.0. The van der Waals surface area contributed by atoms with Gasteiger partial charge in [-0.25, -0.2) is 9.59 Å². The Bertz CT molecular complexity index is 993. The minimum absolute atomic E-state index is 0.0249. The maximum Gasteiger partial charge on any atom is 0.329 e. The molecule has 4 atom stereocenters. The van der Waals surface area contributed by atoms with Gasteiger partial charge in [-0.1, -0.05) is 55.5 Å². The molecule has 2 aromatic rings. The number of hydrogen-bond acceptors (Lipinski definition) is 4. The molecule has 0 radical (unpaired) electrons. The Morgan fingerprint density at radius 2 is 1.44 bits per heavy atom. The fourth-order valence-corrected chi connectivity index (χ4v) is 5.26. The first kappa shape index (κ1) is 27.6. The molecule has 1 aliphatic rings. The number of benzene rings is 2. The van der Waals surface area contributed by atoms with E-state index in [1.807, 2.05) is 121 Å². The van der Waals surface area contributed by atoms with Crippen LogP contribution in [0.2, 0.25) is 0 Å². The van der Waals surface area contributed by atoms with Crippen molar-refractivity contribution in [3.8, 4) is 5.75 Å². The molecule has 196 valence electrons. The molecule has 2 aromatic carbocycles. The highest BCUT2D eigenvalue weighted by molar-refractivity contribution is 5.86. The lowest BCUT2D eigenvalue weighted by molar-refractivity contribution is -0.161. The van der Waals surface area contributed by atoms with E-state index >= 15 is 0 Å². The summed E-state index contributed by atoms with van der Waals surface area (Å²) in [5.41, 5.74) is 0.320.